The molecule has 0 aromatic heterocycles. The monoisotopic (exact) mass is 146 g/mol. The second kappa shape index (κ2) is 7.06. The van der Waals surface area contributed by atoms with E-state index in [2.05, 4.69) is 0 Å². The molecular formula is C6H15BO3. The molecule has 0 unspecified atom stereocenters. The van der Waals surface area contributed by atoms with E-state index in [-0.39, 0.29) is 0 Å². The van der Waals surface area contributed by atoms with E-state index in [0.29, 0.717) is 13.2 Å². The maximum atomic E-state index is 5.14. The average Bonchev–Trinajstić information content (AvgIpc) is 1.98. The van der Waals surface area contributed by atoms with Gasteiger partial charge < -0.3 is 14.0 Å². The Hall–Kier alpha value is -0.0551. The first kappa shape index (κ1) is 9.94. The van der Waals surface area contributed by atoms with Crippen molar-refractivity contribution in [2.45, 2.75) is 20.3 Å². The molecule has 0 aliphatic rings. The summed E-state index contributed by atoms with van der Waals surface area (Å²) < 4.78 is 15.0. The van der Waals surface area contributed by atoms with Crippen LogP contribution in [0.1, 0.15) is 20.3 Å². The second-order valence-electron chi connectivity index (χ2n) is 1.85. The molecule has 0 fully saturated rings. The van der Waals surface area contributed by atoms with Crippen LogP contribution in [-0.2, 0) is 14.0 Å². The maximum absolute atomic E-state index is 5.14. The highest BCUT2D eigenvalue weighted by Gasteiger charge is 2.16. The SMILES string of the molecule is CCCOB(OC)OCC. The van der Waals surface area contributed by atoms with Crippen molar-refractivity contribution in [3.05, 3.63) is 0 Å². The molecule has 4 heteroatoms. The van der Waals surface area contributed by atoms with Crippen molar-refractivity contribution >= 4 is 7.32 Å². The lowest BCUT2D eigenvalue weighted by Crippen LogP contribution is -2.25. The van der Waals surface area contributed by atoms with Crippen LogP contribution in [0, 0.1) is 0 Å². The summed E-state index contributed by atoms with van der Waals surface area (Å²) in [6, 6.07) is 0. The zero-order valence-electron chi connectivity index (χ0n) is 6.92. The third kappa shape index (κ3) is 4.79. The molecule has 0 saturated carbocycles. The van der Waals surface area contributed by atoms with Crippen molar-refractivity contribution in [1.82, 2.24) is 0 Å². The summed E-state index contributed by atoms with van der Waals surface area (Å²) in [5.41, 5.74) is 0. The molecule has 0 radical (unpaired) electrons. The van der Waals surface area contributed by atoms with E-state index in [0.717, 1.165) is 6.42 Å². The maximum Gasteiger partial charge on any atom is 0.639 e. The summed E-state index contributed by atoms with van der Waals surface area (Å²) in [5.74, 6) is 0. The van der Waals surface area contributed by atoms with Crippen molar-refractivity contribution in [3.63, 3.8) is 0 Å². The van der Waals surface area contributed by atoms with Crippen molar-refractivity contribution in [1.29, 1.82) is 0 Å². The highest BCUT2D eigenvalue weighted by atomic mass is 16.7. The van der Waals surface area contributed by atoms with E-state index in [4.69, 9.17) is 14.0 Å². The Balaban J connectivity index is 3.21. The van der Waals surface area contributed by atoms with E-state index >= 15 is 0 Å². The molecule has 0 spiro atoms. The molecule has 0 bridgehead atoms. The topological polar surface area (TPSA) is 27.7 Å². The molecule has 0 atom stereocenters. The van der Waals surface area contributed by atoms with Crippen LogP contribution in [-0.4, -0.2) is 27.6 Å². The van der Waals surface area contributed by atoms with Crippen molar-refractivity contribution in [2.24, 2.45) is 0 Å². The lowest BCUT2D eigenvalue weighted by Gasteiger charge is -2.08. The van der Waals surface area contributed by atoms with Crippen LogP contribution in [0.2, 0.25) is 0 Å². The van der Waals surface area contributed by atoms with Gasteiger partial charge in [-0.3, -0.25) is 0 Å². The Bertz CT molecular complexity index is 70.0. The zero-order valence-corrected chi connectivity index (χ0v) is 6.92. The summed E-state index contributed by atoms with van der Waals surface area (Å²) in [7, 11) is 1.08. The van der Waals surface area contributed by atoms with Gasteiger partial charge in [0.1, 0.15) is 0 Å². The Labute approximate surface area is 62.8 Å². The quantitative estimate of drug-likeness (QED) is 0.524. The fraction of sp³-hybridized carbons (Fsp3) is 1.00. The molecule has 0 aromatic rings. The lowest BCUT2D eigenvalue weighted by molar-refractivity contribution is 0.118. The van der Waals surface area contributed by atoms with E-state index < -0.39 is 7.32 Å². The highest BCUT2D eigenvalue weighted by molar-refractivity contribution is 6.36. The molecule has 0 aliphatic heterocycles. The summed E-state index contributed by atoms with van der Waals surface area (Å²) >= 11 is 0. The Kier molecular flexibility index (Phi) is 7.02. The van der Waals surface area contributed by atoms with E-state index in [1.54, 1.807) is 7.11 Å². The van der Waals surface area contributed by atoms with Crippen molar-refractivity contribution < 1.29 is 14.0 Å². The molecule has 0 aromatic carbocycles. The Morgan fingerprint density at radius 3 is 2.30 bits per heavy atom. The van der Waals surface area contributed by atoms with Gasteiger partial charge in [-0.2, -0.15) is 0 Å². The predicted molar refractivity (Wildman–Crippen MR) is 40.6 cm³/mol. The van der Waals surface area contributed by atoms with Gasteiger partial charge in [-0.15, -0.1) is 0 Å². The summed E-state index contributed by atoms with van der Waals surface area (Å²) in [6.07, 6.45) is 0.979. The number of rotatable bonds is 6. The first-order valence-corrected chi connectivity index (χ1v) is 3.61. The summed E-state index contributed by atoms with van der Waals surface area (Å²) in [5, 5.41) is 0. The van der Waals surface area contributed by atoms with Crippen molar-refractivity contribution in [3.8, 4) is 0 Å². The molecule has 3 nitrogen and oxygen atoms in total. The van der Waals surface area contributed by atoms with Crippen LogP contribution in [0.25, 0.3) is 0 Å². The average molecular weight is 146 g/mol. The van der Waals surface area contributed by atoms with Gasteiger partial charge in [0.2, 0.25) is 0 Å². The number of hydrogen-bond acceptors (Lipinski definition) is 3. The number of hydrogen-bond donors (Lipinski definition) is 0. The molecule has 0 aliphatic carbocycles. The van der Waals surface area contributed by atoms with E-state index in [1.165, 1.54) is 0 Å². The first-order valence-electron chi connectivity index (χ1n) is 3.61. The first-order chi connectivity index (χ1) is 4.85. The third-order valence-corrected chi connectivity index (χ3v) is 0.953. The standard InChI is InChI=1S/C6H15BO3/c1-4-6-10-7(8-3)9-5-2/h4-6H2,1-3H3. The minimum atomic E-state index is -0.482. The van der Waals surface area contributed by atoms with Crippen LogP contribution in [0.15, 0.2) is 0 Å². The van der Waals surface area contributed by atoms with Gasteiger partial charge in [0, 0.05) is 20.3 Å². The van der Waals surface area contributed by atoms with Crippen LogP contribution in [0.5, 0.6) is 0 Å². The molecule has 0 saturated heterocycles. The van der Waals surface area contributed by atoms with Crippen LogP contribution >= 0.6 is 0 Å². The smallest absolute Gasteiger partial charge is 0.389 e. The lowest BCUT2D eigenvalue weighted by atomic mass is 10.2. The van der Waals surface area contributed by atoms with Crippen LogP contribution in [0.4, 0.5) is 0 Å². The highest BCUT2D eigenvalue weighted by Crippen LogP contribution is 1.91. The van der Waals surface area contributed by atoms with Gasteiger partial charge in [0.05, 0.1) is 0 Å². The molecule has 0 amide bonds. The van der Waals surface area contributed by atoms with Gasteiger partial charge in [-0.1, -0.05) is 6.92 Å². The third-order valence-electron chi connectivity index (χ3n) is 0.953. The van der Waals surface area contributed by atoms with Crippen LogP contribution < -0.4 is 0 Å². The van der Waals surface area contributed by atoms with Gasteiger partial charge >= 0.3 is 7.32 Å². The van der Waals surface area contributed by atoms with Crippen molar-refractivity contribution in [2.75, 3.05) is 20.3 Å². The molecule has 60 valence electrons. The van der Waals surface area contributed by atoms with Crippen LogP contribution in [0.3, 0.4) is 0 Å². The van der Waals surface area contributed by atoms with E-state index in [1.807, 2.05) is 13.8 Å². The normalized spacial score (nSPS) is 9.90. The fourth-order valence-corrected chi connectivity index (χ4v) is 0.534. The van der Waals surface area contributed by atoms with Gasteiger partial charge in [0.15, 0.2) is 0 Å². The van der Waals surface area contributed by atoms with Gasteiger partial charge in [-0.05, 0) is 13.3 Å². The largest absolute Gasteiger partial charge is 0.639 e. The fourth-order valence-electron chi connectivity index (χ4n) is 0.534. The minimum Gasteiger partial charge on any atom is -0.389 e. The molecule has 0 N–H and O–H groups in total. The Morgan fingerprint density at radius 2 is 1.90 bits per heavy atom. The zero-order chi connectivity index (χ0) is 7.82. The molecule has 10 heavy (non-hydrogen) atoms. The minimum absolute atomic E-state index is 0.482. The predicted octanol–water partition coefficient (Wildman–Crippen LogP) is 1.08. The van der Waals surface area contributed by atoms with E-state index in [9.17, 15) is 0 Å². The summed E-state index contributed by atoms with van der Waals surface area (Å²) in [6.45, 7) is 5.24. The van der Waals surface area contributed by atoms with Gasteiger partial charge in [-0.25, -0.2) is 0 Å². The molecular weight excluding hydrogens is 131 g/mol. The molecule has 0 rings (SSSR count). The Morgan fingerprint density at radius 1 is 1.20 bits per heavy atom. The second-order valence-corrected chi connectivity index (χ2v) is 1.85. The van der Waals surface area contributed by atoms with Gasteiger partial charge in [0.25, 0.3) is 0 Å². The molecule has 0 heterocycles. The summed E-state index contributed by atoms with van der Waals surface area (Å²) in [4.78, 5) is 0.